The lowest BCUT2D eigenvalue weighted by atomic mass is 10.1. The number of carbonyl (C=O) groups is 1. The second-order valence-corrected chi connectivity index (χ2v) is 10.4. The number of amidine groups is 2. The van der Waals surface area contributed by atoms with E-state index in [1.54, 1.807) is 51.4 Å². The Morgan fingerprint density at radius 3 is 2.33 bits per heavy atom. The minimum atomic E-state index is -0.516. The summed E-state index contributed by atoms with van der Waals surface area (Å²) in [5, 5.41) is 4.80. The molecule has 0 unspecified atom stereocenters. The van der Waals surface area contributed by atoms with Gasteiger partial charge in [-0.1, -0.05) is 50.2 Å². The van der Waals surface area contributed by atoms with E-state index < -0.39 is 6.67 Å². The van der Waals surface area contributed by atoms with Crippen LogP contribution in [0.3, 0.4) is 0 Å². The highest BCUT2D eigenvalue weighted by atomic mass is 32.2. The molecule has 0 fully saturated rings. The van der Waals surface area contributed by atoms with Crippen LogP contribution in [0.15, 0.2) is 80.7 Å². The van der Waals surface area contributed by atoms with Crippen LogP contribution < -0.4 is 15.9 Å². The zero-order valence-corrected chi connectivity index (χ0v) is 25.1. The lowest BCUT2D eigenvalue weighted by molar-refractivity contribution is -0.144. The van der Waals surface area contributed by atoms with Gasteiger partial charge in [-0.25, -0.2) is 19.4 Å². The van der Waals surface area contributed by atoms with E-state index in [-0.39, 0.29) is 17.8 Å². The second-order valence-electron chi connectivity index (χ2n) is 9.46. The van der Waals surface area contributed by atoms with Crippen molar-refractivity contribution in [3.8, 4) is 5.75 Å². The molecule has 0 aliphatic heterocycles. The number of carbonyl (C=O) groups excluding carboxylic acids is 1. The number of hydrogen-bond donors (Lipinski definition) is 2. The van der Waals surface area contributed by atoms with Crippen LogP contribution in [0.4, 0.5) is 15.8 Å². The Balaban J connectivity index is 1.69. The van der Waals surface area contributed by atoms with Crippen molar-refractivity contribution in [3.63, 3.8) is 0 Å². The van der Waals surface area contributed by atoms with E-state index >= 15 is 0 Å². The average Bonchev–Trinajstić information content (AvgIpc) is 2.99. The van der Waals surface area contributed by atoms with Crippen LogP contribution in [-0.4, -0.2) is 42.6 Å². The van der Waals surface area contributed by atoms with Gasteiger partial charge in [-0.05, 0) is 72.1 Å². The molecule has 0 amide bonds. The van der Waals surface area contributed by atoms with E-state index in [1.807, 2.05) is 50.2 Å². The molecular weight excluding hydrogens is 555 g/mol. The molecule has 0 spiro atoms. The molecule has 0 radical (unpaired) electrons. The predicted octanol–water partition coefficient (Wildman–Crippen LogP) is 6.35. The number of esters is 1. The zero-order chi connectivity index (χ0) is 30.5. The van der Waals surface area contributed by atoms with Gasteiger partial charge >= 0.3 is 5.97 Å². The maximum Gasteiger partial charge on any atom is 0.309 e. The fraction of sp³-hybridized carbons (Fsp3) is 0.258. The standard InChI is InChI=1S/C31H35FN6O3S/c1-20(2)30(39)41-19-42-31(37-28-21(3)14-27(40-5)15-22(28)4)38-36-17-24-6-10-25(11-7-24)29(33)35-18-34-26-12-8-23(16-32)9-13-26/h6-15,17-18,20H,16,19H2,1-5H3,(H,37,38)(H2,33,34,35)/b36-17+. The summed E-state index contributed by atoms with van der Waals surface area (Å²) < 4.78 is 23.3. The number of ether oxygens (including phenoxy) is 2. The van der Waals surface area contributed by atoms with E-state index in [9.17, 15) is 9.18 Å². The average molecular weight is 591 g/mol. The molecule has 0 bridgehead atoms. The normalized spacial score (nSPS) is 12.4. The smallest absolute Gasteiger partial charge is 0.309 e. The molecule has 11 heteroatoms. The number of nitrogens with one attached hydrogen (secondary N) is 1. The van der Waals surface area contributed by atoms with Crippen molar-refractivity contribution < 1.29 is 18.7 Å². The monoisotopic (exact) mass is 590 g/mol. The molecule has 0 saturated carbocycles. The van der Waals surface area contributed by atoms with Gasteiger partial charge in [0.2, 0.25) is 0 Å². The predicted molar refractivity (Wildman–Crippen MR) is 170 cm³/mol. The molecule has 3 N–H and O–H groups in total. The van der Waals surface area contributed by atoms with Crippen LogP contribution in [0.25, 0.3) is 0 Å². The van der Waals surface area contributed by atoms with Crippen molar-refractivity contribution in [1.29, 1.82) is 0 Å². The highest BCUT2D eigenvalue weighted by molar-refractivity contribution is 8.13. The number of methoxy groups -OCH3 is 1. The van der Waals surface area contributed by atoms with Gasteiger partial charge in [0, 0.05) is 5.56 Å². The summed E-state index contributed by atoms with van der Waals surface area (Å²) in [5.41, 5.74) is 14.5. The highest BCUT2D eigenvalue weighted by Crippen LogP contribution is 2.29. The molecule has 0 aliphatic carbocycles. The maximum absolute atomic E-state index is 12.6. The Labute approximate surface area is 249 Å². The topological polar surface area (TPSA) is 123 Å². The molecule has 9 nitrogen and oxygen atoms in total. The van der Waals surface area contributed by atoms with Gasteiger partial charge in [0.1, 0.15) is 30.5 Å². The quantitative estimate of drug-likeness (QED) is 0.0882. The molecule has 0 aromatic heterocycles. The van der Waals surface area contributed by atoms with Gasteiger partial charge in [-0.2, -0.15) is 5.10 Å². The minimum Gasteiger partial charge on any atom is -0.497 e. The Kier molecular flexibility index (Phi) is 12.2. The molecule has 3 aromatic carbocycles. The number of thioether (sulfide) groups is 1. The molecule has 3 aromatic rings. The molecule has 0 atom stereocenters. The van der Waals surface area contributed by atoms with E-state index in [4.69, 9.17) is 20.2 Å². The Morgan fingerprint density at radius 1 is 1.07 bits per heavy atom. The van der Waals surface area contributed by atoms with E-state index in [2.05, 4.69) is 20.5 Å². The third-order valence-electron chi connectivity index (χ3n) is 5.86. The first-order chi connectivity index (χ1) is 20.2. The summed E-state index contributed by atoms with van der Waals surface area (Å²) in [6, 6.07) is 17.9. The van der Waals surface area contributed by atoms with Crippen molar-refractivity contribution in [2.24, 2.45) is 31.7 Å². The fourth-order valence-corrected chi connectivity index (χ4v) is 4.08. The summed E-state index contributed by atoms with van der Waals surface area (Å²) in [6.45, 7) is 6.95. The summed E-state index contributed by atoms with van der Waals surface area (Å²) in [6.07, 6.45) is 3.01. The number of alkyl halides is 1. The van der Waals surface area contributed by atoms with Crippen molar-refractivity contribution in [2.75, 3.05) is 13.0 Å². The third kappa shape index (κ3) is 9.84. The number of nitrogens with zero attached hydrogens (tertiary/aromatic N) is 4. The Hall–Kier alpha value is -4.51. The van der Waals surface area contributed by atoms with Crippen LogP contribution in [-0.2, 0) is 16.2 Å². The number of aryl methyl sites for hydroxylation is 2. The number of hydrogen-bond acceptors (Lipinski definition) is 7. The maximum atomic E-state index is 12.6. The number of hydrazone groups is 1. The largest absolute Gasteiger partial charge is 0.497 e. The van der Waals surface area contributed by atoms with Crippen molar-refractivity contribution in [3.05, 3.63) is 88.5 Å². The van der Waals surface area contributed by atoms with E-state index in [0.717, 1.165) is 33.7 Å². The highest BCUT2D eigenvalue weighted by Gasteiger charge is 2.11. The number of aliphatic imine (C=N–C) groups is 3. The second kappa shape index (κ2) is 16.1. The Morgan fingerprint density at radius 2 is 1.74 bits per heavy atom. The molecule has 220 valence electrons. The molecule has 0 saturated heterocycles. The number of nitrogens with two attached hydrogens (primary N) is 1. The summed E-state index contributed by atoms with van der Waals surface area (Å²) in [4.78, 5) is 25.1. The van der Waals surface area contributed by atoms with Crippen molar-refractivity contribution >= 4 is 52.7 Å². The molecule has 42 heavy (non-hydrogen) atoms. The van der Waals surface area contributed by atoms with Crippen LogP contribution in [0.1, 0.15) is 41.7 Å². The third-order valence-corrected chi connectivity index (χ3v) is 6.55. The first kappa shape index (κ1) is 32.0. The van der Waals surface area contributed by atoms with Crippen LogP contribution in [0, 0.1) is 19.8 Å². The minimum absolute atomic E-state index is 0.0894. The number of benzene rings is 3. The Bertz CT molecular complexity index is 1450. The van der Waals surface area contributed by atoms with Crippen LogP contribution in [0.2, 0.25) is 0 Å². The molecule has 0 heterocycles. The molecule has 0 aliphatic rings. The lowest BCUT2D eigenvalue weighted by Gasteiger charge is -2.11. The first-order valence-electron chi connectivity index (χ1n) is 13.1. The van der Waals surface area contributed by atoms with Crippen molar-refractivity contribution in [1.82, 2.24) is 5.43 Å². The van der Waals surface area contributed by atoms with E-state index in [0.29, 0.717) is 22.3 Å². The summed E-state index contributed by atoms with van der Waals surface area (Å²) >= 11 is 1.23. The van der Waals surface area contributed by atoms with Gasteiger partial charge < -0.3 is 15.2 Å². The van der Waals surface area contributed by atoms with Crippen LogP contribution in [0.5, 0.6) is 5.75 Å². The fourth-order valence-electron chi connectivity index (χ4n) is 3.52. The lowest BCUT2D eigenvalue weighted by Crippen LogP contribution is -2.17. The van der Waals surface area contributed by atoms with Crippen LogP contribution >= 0.6 is 11.8 Å². The first-order valence-corrected chi connectivity index (χ1v) is 14.1. The summed E-state index contributed by atoms with van der Waals surface area (Å²) in [7, 11) is 1.62. The molecular formula is C31H35FN6O3S. The summed E-state index contributed by atoms with van der Waals surface area (Å²) in [5.74, 6) is 0.627. The van der Waals surface area contributed by atoms with Gasteiger partial charge in [0.15, 0.2) is 5.17 Å². The zero-order valence-electron chi connectivity index (χ0n) is 24.3. The van der Waals surface area contributed by atoms with Gasteiger partial charge in [0.05, 0.1) is 30.6 Å². The van der Waals surface area contributed by atoms with Crippen molar-refractivity contribution in [2.45, 2.75) is 34.4 Å². The molecule has 3 rings (SSSR count). The van der Waals surface area contributed by atoms with Gasteiger partial charge in [0.25, 0.3) is 0 Å². The SMILES string of the molecule is COc1cc(C)c(N=C(N/N=C/c2ccc(C(N)=NC=Nc3ccc(CF)cc3)cc2)SCOC(=O)C(C)C)c(C)c1. The number of rotatable bonds is 11. The van der Waals surface area contributed by atoms with E-state index in [1.165, 1.54) is 18.1 Å². The number of halogens is 1. The van der Waals surface area contributed by atoms with Gasteiger partial charge in [-0.15, -0.1) is 0 Å². The van der Waals surface area contributed by atoms with Gasteiger partial charge in [-0.3, -0.25) is 10.2 Å².